The number of hydrogen-bond donors (Lipinski definition) is 0. The minimum atomic E-state index is -0.261. The highest BCUT2D eigenvalue weighted by atomic mass is 35.5. The van der Waals surface area contributed by atoms with Gasteiger partial charge in [0.25, 0.3) is 0 Å². The van der Waals surface area contributed by atoms with Crippen LogP contribution in [0.4, 0.5) is 10.1 Å². The summed E-state index contributed by atoms with van der Waals surface area (Å²) in [5.74, 6) is 0.0233. The van der Waals surface area contributed by atoms with Gasteiger partial charge in [0.05, 0.1) is 5.69 Å². The Morgan fingerprint density at radius 1 is 1.16 bits per heavy atom. The van der Waals surface area contributed by atoms with Crippen molar-refractivity contribution in [1.82, 2.24) is 0 Å². The maximum absolute atomic E-state index is 13.9. The third-order valence-electron chi connectivity index (χ3n) is 2.90. The first-order chi connectivity index (χ1) is 9.11. The van der Waals surface area contributed by atoms with Crippen molar-refractivity contribution in [3.05, 3.63) is 64.4 Å². The summed E-state index contributed by atoms with van der Waals surface area (Å²) in [6.45, 7) is 0.575. The number of rotatable bonds is 4. The van der Waals surface area contributed by atoms with Gasteiger partial charge in [0.2, 0.25) is 0 Å². The van der Waals surface area contributed by atoms with Gasteiger partial charge in [0.15, 0.2) is 0 Å². The number of nitrogens with zero attached hydrogens (tertiary/aromatic N) is 1. The first kappa shape index (κ1) is 14.2. The second-order valence-corrected chi connectivity index (χ2v) is 5.07. The molecule has 0 atom stereocenters. The van der Waals surface area contributed by atoms with E-state index in [1.807, 2.05) is 42.3 Å². The summed E-state index contributed by atoms with van der Waals surface area (Å²) >= 11 is 11.8. The molecule has 0 radical (unpaired) electrons. The quantitative estimate of drug-likeness (QED) is 0.729. The molecule has 0 bridgehead atoms. The van der Waals surface area contributed by atoms with Gasteiger partial charge in [-0.3, -0.25) is 0 Å². The highest BCUT2D eigenvalue weighted by Crippen LogP contribution is 2.26. The van der Waals surface area contributed by atoms with E-state index in [1.165, 1.54) is 6.07 Å². The average Bonchev–Trinajstić information content (AvgIpc) is 2.38. The highest BCUT2D eigenvalue weighted by molar-refractivity contribution is 6.30. The van der Waals surface area contributed by atoms with Gasteiger partial charge in [0.1, 0.15) is 5.82 Å². The van der Waals surface area contributed by atoms with Gasteiger partial charge in [0, 0.05) is 24.5 Å². The molecule has 0 aliphatic carbocycles. The van der Waals surface area contributed by atoms with Gasteiger partial charge in [-0.25, -0.2) is 4.39 Å². The molecular weight excluding hydrogens is 284 g/mol. The molecule has 1 nitrogen and oxygen atoms in total. The van der Waals surface area contributed by atoms with Gasteiger partial charge in [-0.2, -0.15) is 0 Å². The molecule has 0 saturated carbocycles. The number of alkyl halides is 1. The molecule has 0 unspecified atom stereocenters. The monoisotopic (exact) mass is 297 g/mol. The fraction of sp³-hybridized carbons (Fsp3) is 0.200. The maximum Gasteiger partial charge on any atom is 0.146 e. The van der Waals surface area contributed by atoms with Crippen LogP contribution in [-0.2, 0) is 12.4 Å². The molecule has 0 amide bonds. The van der Waals surface area contributed by atoms with E-state index >= 15 is 0 Å². The summed E-state index contributed by atoms with van der Waals surface area (Å²) in [5, 5.41) is 0.678. The smallest absolute Gasteiger partial charge is 0.146 e. The topological polar surface area (TPSA) is 3.24 Å². The van der Waals surface area contributed by atoms with E-state index in [-0.39, 0.29) is 11.7 Å². The number of para-hydroxylation sites is 1. The first-order valence-electron chi connectivity index (χ1n) is 5.90. The Kier molecular flexibility index (Phi) is 4.67. The van der Waals surface area contributed by atoms with Gasteiger partial charge < -0.3 is 4.90 Å². The van der Waals surface area contributed by atoms with E-state index in [1.54, 1.807) is 6.07 Å². The maximum atomic E-state index is 13.9. The van der Waals surface area contributed by atoms with Gasteiger partial charge in [-0.1, -0.05) is 35.9 Å². The van der Waals surface area contributed by atoms with Crippen molar-refractivity contribution < 1.29 is 4.39 Å². The Labute approximate surface area is 122 Å². The number of benzene rings is 2. The standard InChI is InChI=1S/C15H14Cl2FN/c1-19(10-11-4-2-6-13(17)8-11)15-12(9-16)5-3-7-14(15)18/h2-8H,9-10H2,1H3. The van der Waals surface area contributed by atoms with Gasteiger partial charge in [-0.15, -0.1) is 11.6 Å². The Morgan fingerprint density at radius 2 is 1.89 bits per heavy atom. The molecule has 19 heavy (non-hydrogen) atoms. The Morgan fingerprint density at radius 3 is 2.58 bits per heavy atom. The van der Waals surface area contributed by atoms with Crippen LogP contribution in [-0.4, -0.2) is 7.05 Å². The first-order valence-corrected chi connectivity index (χ1v) is 6.82. The summed E-state index contributed by atoms with van der Waals surface area (Å²) in [6, 6.07) is 12.5. The van der Waals surface area contributed by atoms with Crippen LogP contribution < -0.4 is 4.90 Å². The van der Waals surface area contributed by atoms with E-state index in [0.717, 1.165) is 11.1 Å². The van der Waals surface area contributed by atoms with Crippen LogP contribution in [0.3, 0.4) is 0 Å². The third-order valence-corrected chi connectivity index (χ3v) is 3.43. The summed E-state index contributed by atoms with van der Waals surface area (Å²) in [7, 11) is 1.84. The van der Waals surface area contributed by atoms with E-state index in [9.17, 15) is 4.39 Å². The molecule has 2 aromatic carbocycles. The minimum Gasteiger partial charge on any atom is -0.368 e. The fourth-order valence-electron chi connectivity index (χ4n) is 2.08. The van der Waals surface area contributed by atoms with Crippen molar-refractivity contribution in [2.24, 2.45) is 0 Å². The molecule has 0 aromatic heterocycles. The molecule has 0 saturated heterocycles. The molecule has 0 aliphatic rings. The zero-order valence-corrected chi connectivity index (χ0v) is 12.0. The lowest BCUT2D eigenvalue weighted by molar-refractivity contribution is 0.620. The van der Waals surface area contributed by atoms with Crippen molar-refractivity contribution in [2.75, 3.05) is 11.9 Å². The lowest BCUT2D eigenvalue weighted by Gasteiger charge is -2.22. The van der Waals surface area contributed by atoms with E-state index < -0.39 is 0 Å². The Bertz CT molecular complexity index is 572. The van der Waals surface area contributed by atoms with Crippen molar-refractivity contribution in [3.63, 3.8) is 0 Å². The molecule has 0 spiro atoms. The second kappa shape index (κ2) is 6.27. The van der Waals surface area contributed by atoms with Crippen molar-refractivity contribution in [2.45, 2.75) is 12.4 Å². The average molecular weight is 298 g/mol. The van der Waals surface area contributed by atoms with Crippen molar-refractivity contribution >= 4 is 28.9 Å². The predicted molar refractivity (Wildman–Crippen MR) is 79.5 cm³/mol. The van der Waals surface area contributed by atoms with Crippen LogP contribution in [0.25, 0.3) is 0 Å². The lowest BCUT2D eigenvalue weighted by Crippen LogP contribution is -2.19. The molecule has 0 N–H and O–H groups in total. The van der Waals surface area contributed by atoms with Crippen molar-refractivity contribution in [1.29, 1.82) is 0 Å². The number of anilines is 1. The lowest BCUT2D eigenvalue weighted by atomic mass is 10.1. The zero-order valence-electron chi connectivity index (χ0n) is 10.5. The van der Waals surface area contributed by atoms with Crippen LogP contribution >= 0.6 is 23.2 Å². The van der Waals surface area contributed by atoms with Crippen molar-refractivity contribution in [3.8, 4) is 0 Å². The Hall–Kier alpha value is -1.25. The molecule has 0 aliphatic heterocycles. The summed E-state index contributed by atoms with van der Waals surface area (Å²) in [6.07, 6.45) is 0. The Balaban J connectivity index is 2.27. The SMILES string of the molecule is CN(Cc1cccc(Cl)c1)c1c(F)cccc1CCl. The molecular formula is C15H14Cl2FN. The molecule has 100 valence electrons. The highest BCUT2D eigenvalue weighted by Gasteiger charge is 2.12. The number of hydrogen-bond acceptors (Lipinski definition) is 1. The minimum absolute atomic E-state index is 0.261. The largest absolute Gasteiger partial charge is 0.368 e. The van der Waals surface area contributed by atoms with Crippen LogP contribution in [0.5, 0.6) is 0 Å². The normalized spacial score (nSPS) is 10.5. The summed E-state index contributed by atoms with van der Waals surface area (Å²) < 4.78 is 13.9. The molecule has 0 fully saturated rings. The van der Waals surface area contributed by atoms with E-state index in [0.29, 0.717) is 17.3 Å². The fourth-order valence-corrected chi connectivity index (χ4v) is 2.51. The third kappa shape index (κ3) is 3.40. The van der Waals surface area contributed by atoms with Crippen LogP contribution in [0.2, 0.25) is 5.02 Å². The summed E-state index contributed by atoms with van der Waals surface area (Å²) in [5.41, 5.74) is 2.35. The molecule has 0 heterocycles. The van der Waals surface area contributed by atoms with Crippen LogP contribution in [0.15, 0.2) is 42.5 Å². The molecule has 4 heteroatoms. The van der Waals surface area contributed by atoms with Crippen LogP contribution in [0.1, 0.15) is 11.1 Å². The van der Waals surface area contributed by atoms with Gasteiger partial charge >= 0.3 is 0 Å². The van der Waals surface area contributed by atoms with Gasteiger partial charge in [-0.05, 0) is 29.3 Å². The number of halogens is 3. The van der Waals surface area contributed by atoms with E-state index in [2.05, 4.69) is 0 Å². The zero-order chi connectivity index (χ0) is 13.8. The second-order valence-electron chi connectivity index (χ2n) is 4.37. The molecule has 2 rings (SSSR count). The summed E-state index contributed by atoms with van der Waals surface area (Å²) in [4.78, 5) is 1.85. The molecule has 2 aromatic rings. The van der Waals surface area contributed by atoms with Crippen LogP contribution in [0, 0.1) is 5.82 Å². The van der Waals surface area contributed by atoms with E-state index in [4.69, 9.17) is 23.2 Å². The predicted octanol–water partition coefficient (Wildman–Crippen LogP) is 4.85.